The second-order valence-electron chi connectivity index (χ2n) is 4.87. The normalized spacial score (nSPS) is 10.4. The SMILES string of the molecule is O=C(NCc1ccccn1)c1ccc(CSc2ccccc2)o1. The first-order valence-electron chi connectivity index (χ1n) is 7.26. The molecule has 1 amide bonds. The minimum atomic E-state index is -0.230. The van der Waals surface area contributed by atoms with E-state index in [1.165, 1.54) is 4.90 Å². The second kappa shape index (κ2) is 7.65. The minimum absolute atomic E-state index is 0.230. The summed E-state index contributed by atoms with van der Waals surface area (Å²) >= 11 is 1.67. The van der Waals surface area contributed by atoms with Crippen molar-refractivity contribution in [2.24, 2.45) is 0 Å². The van der Waals surface area contributed by atoms with Crippen LogP contribution in [0.2, 0.25) is 0 Å². The van der Waals surface area contributed by atoms with Crippen LogP contribution in [0.15, 0.2) is 76.2 Å². The Kier molecular flexibility index (Phi) is 5.11. The molecule has 0 aliphatic rings. The molecule has 2 heterocycles. The van der Waals surface area contributed by atoms with Crippen molar-refractivity contribution >= 4 is 17.7 Å². The van der Waals surface area contributed by atoms with E-state index in [-0.39, 0.29) is 5.91 Å². The smallest absolute Gasteiger partial charge is 0.287 e. The van der Waals surface area contributed by atoms with Gasteiger partial charge in [-0.15, -0.1) is 11.8 Å². The molecule has 0 unspecified atom stereocenters. The lowest BCUT2D eigenvalue weighted by molar-refractivity contribution is 0.0921. The van der Waals surface area contributed by atoms with Crippen LogP contribution in [0.3, 0.4) is 0 Å². The number of amides is 1. The Morgan fingerprint density at radius 3 is 2.65 bits per heavy atom. The summed E-state index contributed by atoms with van der Waals surface area (Å²) in [5.41, 5.74) is 0.812. The van der Waals surface area contributed by atoms with Crippen molar-refractivity contribution in [1.82, 2.24) is 10.3 Å². The first-order valence-corrected chi connectivity index (χ1v) is 8.24. The monoisotopic (exact) mass is 324 g/mol. The summed E-state index contributed by atoms with van der Waals surface area (Å²) in [5.74, 6) is 1.57. The largest absolute Gasteiger partial charge is 0.455 e. The number of nitrogens with one attached hydrogen (secondary N) is 1. The molecule has 0 fully saturated rings. The van der Waals surface area contributed by atoms with Crippen molar-refractivity contribution in [3.05, 3.63) is 84.1 Å². The summed E-state index contributed by atoms with van der Waals surface area (Å²) in [7, 11) is 0. The Morgan fingerprint density at radius 2 is 1.87 bits per heavy atom. The highest BCUT2D eigenvalue weighted by atomic mass is 32.2. The van der Waals surface area contributed by atoms with Crippen molar-refractivity contribution in [3.8, 4) is 0 Å². The summed E-state index contributed by atoms with van der Waals surface area (Å²) in [6.07, 6.45) is 1.70. The van der Waals surface area contributed by atoms with Crippen molar-refractivity contribution in [2.75, 3.05) is 0 Å². The summed E-state index contributed by atoms with van der Waals surface area (Å²) in [6.45, 7) is 0.383. The fourth-order valence-electron chi connectivity index (χ4n) is 2.01. The molecule has 3 rings (SSSR count). The number of furan rings is 1. The molecule has 1 aromatic carbocycles. The molecule has 0 aliphatic heterocycles. The lowest BCUT2D eigenvalue weighted by atomic mass is 10.3. The van der Waals surface area contributed by atoms with E-state index in [0.29, 0.717) is 18.1 Å². The number of carbonyl (C=O) groups excluding carboxylic acids is 1. The van der Waals surface area contributed by atoms with Gasteiger partial charge < -0.3 is 9.73 Å². The topological polar surface area (TPSA) is 55.1 Å². The molecule has 0 bridgehead atoms. The fourth-order valence-corrected chi connectivity index (χ4v) is 2.82. The third-order valence-corrected chi connectivity index (χ3v) is 4.20. The number of thioether (sulfide) groups is 1. The standard InChI is InChI=1S/C18H16N2O2S/c21-18(20-12-14-6-4-5-11-19-14)17-10-9-15(22-17)13-23-16-7-2-1-3-8-16/h1-11H,12-13H2,(H,20,21). The van der Waals surface area contributed by atoms with Gasteiger partial charge in [0.25, 0.3) is 5.91 Å². The Balaban J connectivity index is 1.53. The van der Waals surface area contributed by atoms with E-state index >= 15 is 0 Å². The molecule has 0 atom stereocenters. The van der Waals surface area contributed by atoms with Crippen molar-refractivity contribution in [2.45, 2.75) is 17.2 Å². The van der Waals surface area contributed by atoms with E-state index in [9.17, 15) is 4.79 Å². The summed E-state index contributed by atoms with van der Waals surface area (Å²) < 4.78 is 5.60. The number of nitrogens with zero attached hydrogens (tertiary/aromatic N) is 1. The average molecular weight is 324 g/mol. The van der Waals surface area contributed by atoms with Gasteiger partial charge in [0, 0.05) is 11.1 Å². The molecule has 2 aromatic heterocycles. The van der Waals surface area contributed by atoms with Gasteiger partial charge in [-0.05, 0) is 36.4 Å². The third kappa shape index (κ3) is 4.47. The van der Waals surface area contributed by atoms with Crippen LogP contribution in [-0.2, 0) is 12.3 Å². The van der Waals surface area contributed by atoms with Gasteiger partial charge in [-0.2, -0.15) is 0 Å². The van der Waals surface area contributed by atoms with Crippen LogP contribution in [0.5, 0.6) is 0 Å². The van der Waals surface area contributed by atoms with Crippen LogP contribution in [0.25, 0.3) is 0 Å². The Hall–Kier alpha value is -2.53. The molecule has 3 aromatic rings. The highest BCUT2D eigenvalue weighted by Gasteiger charge is 2.11. The predicted molar refractivity (Wildman–Crippen MR) is 90.1 cm³/mol. The van der Waals surface area contributed by atoms with E-state index in [2.05, 4.69) is 10.3 Å². The number of rotatable bonds is 6. The second-order valence-corrected chi connectivity index (χ2v) is 5.92. The molecule has 0 radical (unpaired) electrons. The molecule has 0 spiro atoms. The van der Waals surface area contributed by atoms with Crippen molar-refractivity contribution < 1.29 is 9.21 Å². The number of benzene rings is 1. The Labute approximate surface area is 138 Å². The number of hydrogen-bond donors (Lipinski definition) is 1. The van der Waals surface area contributed by atoms with Crippen LogP contribution >= 0.6 is 11.8 Å². The molecule has 5 heteroatoms. The third-order valence-electron chi connectivity index (χ3n) is 3.17. The number of carbonyl (C=O) groups is 1. The minimum Gasteiger partial charge on any atom is -0.455 e. The van der Waals surface area contributed by atoms with Crippen LogP contribution in [0.1, 0.15) is 22.0 Å². The van der Waals surface area contributed by atoms with E-state index < -0.39 is 0 Å². The van der Waals surface area contributed by atoms with Gasteiger partial charge in [0.2, 0.25) is 0 Å². The highest BCUT2D eigenvalue weighted by molar-refractivity contribution is 7.98. The van der Waals surface area contributed by atoms with Gasteiger partial charge in [-0.3, -0.25) is 9.78 Å². The van der Waals surface area contributed by atoms with Gasteiger partial charge >= 0.3 is 0 Å². The van der Waals surface area contributed by atoms with Gasteiger partial charge in [0.1, 0.15) is 5.76 Å². The summed E-state index contributed by atoms with van der Waals surface area (Å²) in [4.78, 5) is 17.4. The van der Waals surface area contributed by atoms with Crippen LogP contribution in [0.4, 0.5) is 0 Å². The first kappa shape index (κ1) is 15.4. The summed E-state index contributed by atoms with van der Waals surface area (Å²) in [6, 6.07) is 19.2. The molecular formula is C18H16N2O2S. The average Bonchev–Trinajstić information content (AvgIpc) is 3.09. The first-order chi connectivity index (χ1) is 11.3. The van der Waals surface area contributed by atoms with Gasteiger partial charge in [0.05, 0.1) is 18.0 Å². The molecule has 1 N–H and O–H groups in total. The van der Waals surface area contributed by atoms with Crippen molar-refractivity contribution in [1.29, 1.82) is 0 Å². The maximum absolute atomic E-state index is 12.1. The van der Waals surface area contributed by atoms with Crippen molar-refractivity contribution in [3.63, 3.8) is 0 Å². The Bertz CT molecular complexity index is 757. The zero-order valence-corrected chi connectivity index (χ0v) is 13.3. The molecule has 4 nitrogen and oxygen atoms in total. The Morgan fingerprint density at radius 1 is 1.04 bits per heavy atom. The zero-order chi connectivity index (χ0) is 15.9. The van der Waals surface area contributed by atoms with E-state index in [1.807, 2.05) is 54.6 Å². The predicted octanol–water partition coefficient (Wildman–Crippen LogP) is 3.90. The summed E-state index contributed by atoms with van der Waals surface area (Å²) in [5, 5.41) is 2.80. The van der Waals surface area contributed by atoms with E-state index in [4.69, 9.17) is 4.42 Å². The molecule has 0 saturated carbocycles. The van der Waals surface area contributed by atoms with Gasteiger partial charge in [0.15, 0.2) is 5.76 Å². The molecule has 116 valence electrons. The lowest BCUT2D eigenvalue weighted by Gasteiger charge is -2.02. The van der Waals surface area contributed by atoms with Gasteiger partial charge in [-0.1, -0.05) is 24.3 Å². The molecule has 0 saturated heterocycles. The zero-order valence-electron chi connectivity index (χ0n) is 12.4. The number of aromatic nitrogens is 1. The van der Waals surface area contributed by atoms with Gasteiger partial charge in [-0.25, -0.2) is 0 Å². The maximum atomic E-state index is 12.1. The molecule has 23 heavy (non-hydrogen) atoms. The van der Waals surface area contributed by atoms with Crippen LogP contribution in [-0.4, -0.2) is 10.9 Å². The lowest BCUT2D eigenvalue weighted by Crippen LogP contribution is -2.22. The van der Waals surface area contributed by atoms with Crippen LogP contribution in [0, 0.1) is 0 Å². The van der Waals surface area contributed by atoms with E-state index in [1.54, 1.807) is 24.0 Å². The maximum Gasteiger partial charge on any atom is 0.287 e. The molecular weight excluding hydrogens is 308 g/mol. The number of hydrogen-bond acceptors (Lipinski definition) is 4. The number of pyridine rings is 1. The fraction of sp³-hybridized carbons (Fsp3) is 0.111. The van der Waals surface area contributed by atoms with Crippen LogP contribution < -0.4 is 5.32 Å². The quantitative estimate of drug-likeness (QED) is 0.699. The molecule has 0 aliphatic carbocycles. The van der Waals surface area contributed by atoms with E-state index in [0.717, 1.165) is 11.5 Å². The highest BCUT2D eigenvalue weighted by Crippen LogP contribution is 2.23.